The molecule has 0 aliphatic heterocycles. The fraction of sp³-hybridized carbons (Fsp3) is 0.750. The van der Waals surface area contributed by atoms with Crippen molar-refractivity contribution in [3.05, 3.63) is 0 Å². The summed E-state index contributed by atoms with van der Waals surface area (Å²) in [7, 11) is 0.764. The molecule has 0 aliphatic rings. The predicted octanol–water partition coefficient (Wildman–Crippen LogP) is 2.09. The van der Waals surface area contributed by atoms with Crippen LogP contribution < -0.4 is 0 Å². The van der Waals surface area contributed by atoms with Gasteiger partial charge >= 0.3 is 6.18 Å². The summed E-state index contributed by atoms with van der Waals surface area (Å²) in [6, 6.07) is 0. The highest BCUT2D eigenvalue weighted by Gasteiger charge is 2.59. The Bertz CT molecular complexity index is 171. The molecular weight excluding hydrogens is 299 g/mol. The molecule has 2 nitrogen and oxygen atoms in total. The fourth-order valence-electron chi connectivity index (χ4n) is 0.307. The molecule has 0 fully saturated rings. The van der Waals surface area contributed by atoms with E-state index in [1.165, 1.54) is 0 Å². The average Bonchev–Trinajstić information content (AvgIpc) is 1.83. The topological polar surface area (TPSA) is 26.3 Å². The minimum atomic E-state index is -4.79. The first kappa shape index (κ1) is 11.4. The van der Waals surface area contributed by atoms with Crippen LogP contribution in [0.2, 0.25) is 0 Å². The summed E-state index contributed by atoms with van der Waals surface area (Å²) in [6.45, 7) is 0. The summed E-state index contributed by atoms with van der Waals surface area (Å²) in [6.07, 6.45) is -4.79. The molecule has 66 valence electrons. The van der Waals surface area contributed by atoms with E-state index in [-0.39, 0.29) is 0 Å². The molecule has 0 aromatic heterocycles. The number of rotatable bonds is 2. The van der Waals surface area contributed by atoms with E-state index in [1.54, 1.807) is 0 Å². The zero-order chi connectivity index (χ0) is 9.28. The molecule has 0 saturated heterocycles. The van der Waals surface area contributed by atoms with Crippen molar-refractivity contribution in [2.24, 2.45) is 0 Å². The molecule has 11 heavy (non-hydrogen) atoms. The van der Waals surface area contributed by atoms with Crippen molar-refractivity contribution in [1.82, 2.24) is 0 Å². The van der Waals surface area contributed by atoms with Gasteiger partial charge in [-0.25, -0.2) is 0 Å². The van der Waals surface area contributed by atoms with Crippen molar-refractivity contribution in [3.8, 4) is 0 Å². The van der Waals surface area contributed by atoms with E-state index < -0.39 is 15.0 Å². The van der Waals surface area contributed by atoms with Gasteiger partial charge in [0.05, 0.1) is 0 Å². The van der Waals surface area contributed by atoms with Gasteiger partial charge in [-0.15, -0.1) is 0 Å². The summed E-state index contributed by atoms with van der Waals surface area (Å²) in [5.41, 5.74) is 0. The molecule has 0 spiro atoms. The minimum Gasteiger partial charge on any atom is -0.352 e. The molecule has 0 radical (unpaired) electrons. The number of ether oxygens (including phenoxy) is 1. The Balaban J connectivity index is 4.75. The number of carbonyl (C=O) groups is 1. The number of hydrogen-bond donors (Lipinski definition) is 0. The van der Waals surface area contributed by atoms with Gasteiger partial charge in [-0.3, -0.25) is 4.79 Å². The molecule has 0 amide bonds. The van der Waals surface area contributed by atoms with Crippen molar-refractivity contribution in [1.29, 1.82) is 0 Å². The smallest absolute Gasteiger partial charge is 0.352 e. The van der Waals surface area contributed by atoms with Crippen molar-refractivity contribution in [3.63, 3.8) is 0 Å². The highest BCUT2D eigenvalue weighted by Crippen LogP contribution is 2.40. The highest BCUT2D eigenvalue weighted by molar-refractivity contribution is 14.1. The third-order valence-electron chi connectivity index (χ3n) is 0.899. The molecule has 0 aromatic rings. The molecule has 0 aliphatic carbocycles. The highest BCUT2D eigenvalue weighted by atomic mass is 127. The minimum absolute atomic E-state index is 0.764. The number of hydrogen-bond acceptors (Lipinski definition) is 2. The van der Waals surface area contributed by atoms with Gasteiger partial charge in [-0.2, -0.15) is 13.2 Å². The van der Waals surface area contributed by atoms with Gasteiger partial charge in [0.2, 0.25) is 0 Å². The Kier molecular flexibility index (Phi) is 3.58. The number of alkyl halides is 4. The molecule has 1 unspecified atom stereocenters. The Labute approximate surface area is 79.2 Å². The first-order valence-electron chi connectivity index (χ1n) is 2.26. The molecule has 0 N–H and O–H groups in total. The summed E-state index contributed by atoms with van der Waals surface area (Å²) in [5, 5.41) is -1.59. The average molecular weight is 302 g/mol. The van der Waals surface area contributed by atoms with Crippen LogP contribution in [0, 0.1) is 0 Å². The molecule has 0 heterocycles. The van der Waals surface area contributed by atoms with E-state index >= 15 is 0 Å². The van der Waals surface area contributed by atoms with Crippen LogP contribution in [-0.4, -0.2) is 22.1 Å². The molecule has 0 aromatic carbocycles. The number of methoxy groups -OCH3 is 1. The summed E-state index contributed by atoms with van der Waals surface area (Å²) < 4.78 is 36.8. The molecule has 1 atom stereocenters. The second-order valence-corrected chi connectivity index (χ2v) is 3.43. The van der Waals surface area contributed by atoms with Crippen molar-refractivity contribution in [2.75, 3.05) is 7.11 Å². The largest absolute Gasteiger partial charge is 0.435 e. The molecule has 0 bridgehead atoms. The Morgan fingerprint density at radius 3 is 1.91 bits per heavy atom. The normalized spacial score (nSPS) is 17.6. The van der Waals surface area contributed by atoms with Crippen molar-refractivity contribution < 1.29 is 22.7 Å². The van der Waals surface area contributed by atoms with E-state index in [9.17, 15) is 18.0 Å². The zero-order valence-corrected chi connectivity index (χ0v) is 8.12. The van der Waals surface area contributed by atoms with Crippen LogP contribution in [0.1, 0.15) is 0 Å². The Morgan fingerprint density at radius 1 is 1.55 bits per heavy atom. The Hall–Kier alpha value is 0.440. The van der Waals surface area contributed by atoms with E-state index in [4.69, 9.17) is 0 Å². The molecular formula is C4H3ClF3IO2. The van der Waals surface area contributed by atoms with Gasteiger partial charge in [0.25, 0.3) is 8.85 Å². The van der Waals surface area contributed by atoms with E-state index in [0.29, 0.717) is 0 Å². The van der Waals surface area contributed by atoms with Crippen LogP contribution in [0.5, 0.6) is 0 Å². The van der Waals surface area contributed by atoms with Gasteiger partial charge in [-0.05, 0) is 34.2 Å². The van der Waals surface area contributed by atoms with Crippen LogP contribution in [-0.2, 0) is 9.53 Å². The molecule has 0 rings (SSSR count). The van der Waals surface area contributed by atoms with E-state index in [1.807, 2.05) is 0 Å². The van der Waals surface area contributed by atoms with Crippen molar-refractivity contribution >= 4 is 39.4 Å². The summed E-state index contributed by atoms with van der Waals surface area (Å²) in [4.78, 5) is 10.3. The molecule has 7 heteroatoms. The maximum absolute atomic E-state index is 11.9. The van der Waals surface area contributed by atoms with Crippen LogP contribution in [0.4, 0.5) is 13.2 Å². The second kappa shape index (κ2) is 3.44. The lowest BCUT2D eigenvalue weighted by Crippen LogP contribution is -2.45. The molecule has 0 saturated carbocycles. The lowest BCUT2D eigenvalue weighted by Gasteiger charge is -2.23. The first-order chi connectivity index (χ1) is 4.75. The van der Waals surface area contributed by atoms with Gasteiger partial charge < -0.3 is 4.74 Å². The summed E-state index contributed by atoms with van der Waals surface area (Å²) >= 11 is 5.49. The van der Waals surface area contributed by atoms with Gasteiger partial charge in [-0.1, -0.05) is 0 Å². The van der Waals surface area contributed by atoms with Crippen LogP contribution in [0.25, 0.3) is 0 Å². The lowest BCUT2D eigenvalue weighted by atomic mass is 10.4. The predicted molar refractivity (Wildman–Crippen MR) is 40.7 cm³/mol. The van der Waals surface area contributed by atoms with Crippen LogP contribution in [0.15, 0.2) is 0 Å². The monoisotopic (exact) mass is 302 g/mol. The number of halogens is 5. The number of carbonyl (C=O) groups excluding carboxylic acids is 1. The lowest BCUT2D eigenvalue weighted by molar-refractivity contribution is -0.214. The third-order valence-corrected chi connectivity index (χ3v) is 3.03. The van der Waals surface area contributed by atoms with E-state index in [2.05, 4.69) is 16.3 Å². The SMILES string of the molecule is COC(I)(C(=O)Cl)C(F)(F)F. The third kappa shape index (κ3) is 2.19. The zero-order valence-electron chi connectivity index (χ0n) is 5.21. The quantitative estimate of drug-likeness (QED) is 0.443. The van der Waals surface area contributed by atoms with Gasteiger partial charge in [0, 0.05) is 7.11 Å². The van der Waals surface area contributed by atoms with Crippen molar-refractivity contribution in [2.45, 2.75) is 9.78 Å². The van der Waals surface area contributed by atoms with Crippen LogP contribution in [0.3, 0.4) is 0 Å². The standard InChI is InChI=1S/C4H3ClF3IO2/c1-11-3(9,2(5)10)4(6,7)8/h1H3. The van der Waals surface area contributed by atoms with Gasteiger partial charge in [0.15, 0.2) is 0 Å². The second-order valence-electron chi connectivity index (χ2n) is 1.57. The van der Waals surface area contributed by atoms with Crippen LogP contribution >= 0.6 is 34.2 Å². The summed E-state index contributed by atoms with van der Waals surface area (Å²) in [5.74, 6) is 0. The first-order valence-corrected chi connectivity index (χ1v) is 3.72. The Morgan fingerprint density at radius 2 is 1.91 bits per heavy atom. The van der Waals surface area contributed by atoms with Gasteiger partial charge in [0.1, 0.15) is 0 Å². The van der Waals surface area contributed by atoms with E-state index in [0.717, 1.165) is 29.7 Å². The maximum Gasteiger partial charge on any atom is 0.435 e. The fourth-order valence-corrected chi connectivity index (χ4v) is 0.492. The maximum atomic E-state index is 11.9.